The first-order chi connectivity index (χ1) is 13.9. The first-order valence-corrected chi connectivity index (χ1v) is 9.51. The van der Waals surface area contributed by atoms with Gasteiger partial charge in [0.05, 0.1) is 7.11 Å². The Morgan fingerprint density at radius 3 is 2.62 bits per heavy atom. The van der Waals surface area contributed by atoms with Crippen LogP contribution in [0.5, 0.6) is 5.75 Å². The summed E-state index contributed by atoms with van der Waals surface area (Å²) in [5, 5.41) is 11.4. The van der Waals surface area contributed by atoms with E-state index in [-0.39, 0.29) is 5.69 Å². The lowest BCUT2D eigenvalue weighted by Crippen LogP contribution is -2.32. The Labute approximate surface area is 171 Å². The summed E-state index contributed by atoms with van der Waals surface area (Å²) in [7, 11) is 3.55. The Morgan fingerprint density at radius 2 is 2.07 bits per heavy atom. The highest BCUT2D eigenvalue weighted by atomic mass is 16.5. The van der Waals surface area contributed by atoms with Crippen LogP contribution in [-0.2, 0) is 4.79 Å². The van der Waals surface area contributed by atoms with Crippen molar-refractivity contribution in [2.45, 2.75) is 46.1 Å². The highest BCUT2D eigenvalue weighted by molar-refractivity contribution is 5.86. The number of methoxy groups -OCH3 is 1. The predicted molar refractivity (Wildman–Crippen MR) is 114 cm³/mol. The number of nitrogens with zero attached hydrogens (tertiary/aromatic N) is 3. The number of aromatic nitrogens is 2. The highest BCUT2D eigenvalue weighted by Gasteiger charge is 2.17. The van der Waals surface area contributed by atoms with Gasteiger partial charge in [-0.15, -0.1) is 0 Å². The molecule has 0 fully saturated rings. The van der Waals surface area contributed by atoms with Gasteiger partial charge in [-0.2, -0.15) is 0 Å². The summed E-state index contributed by atoms with van der Waals surface area (Å²) in [6.07, 6.45) is 5.36. The third-order valence-electron chi connectivity index (χ3n) is 4.44. The van der Waals surface area contributed by atoms with Crippen molar-refractivity contribution in [1.82, 2.24) is 9.97 Å². The Kier molecular flexibility index (Phi) is 10.2. The van der Waals surface area contributed by atoms with Gasteiger partial charge in [0.1, 0.15) is 17.4 Å². The number of carbonyl (C=O) groups is 2. The lowest BCUT2D eigenvalue weighted by molar-refractivity contribution is -0.105. The molecule has 0 saturated heterocycles. The Balaban J connectivity index is 0.000000326. The van der Waals surface area contributed by atoms with E-state index in [1.807, 2.05) is 20.0 Å². The normalized spacial score (nSPS) is 10.9. The predicted octanol–water partition coefficient (Wildman–Crippen LogP) is 3.76. The fourth-order valence-electron chi connectivity index (χ4n) is 2.85. The van der Waals surface area contributed by atoms with E-state index in [1.54, 1.807) is 31.5 Å². The molecule has 0 aliphatic rings. The topological polar surface area (TPSA) is 105 Å². The van der Waals surface area contributed by atoms with Crippen LogP contribution in [0, 0.1) is 6.92 Å². The number of ether oxygens (including phenoxy) is 1. The summed E-state index contributed by atoms with van der Waals surface area (Å²) in [5.74, 6) is 0.951. The molecule has 158 valence electrons. The minimum Gasteiger partial charge on any atom is -0.497 e. The number of anilines is 2. The number of aromatic carboxylic acids is 1. The third kappa shape index (κ3) is 7.40. The summed E-state index contributed by atoms with van der Waals surface area (Å²) in [5.41, 5.74) is 1.12. The zero-order valence-electron chi connectivity index (χ0n) is 17.7. The van der Waals surface area contributed by atoms with Crippen molar-refractivity contribution in [1.29, 1.82) is 0 Å². The number of nitrogens with one attached hydrogen (secondary N) is 1. The Bertz CT molecular complexity index is 798. The van der Waals surface area contributed by atoms with Crippen LogP contribution in [0.3, 0.4) is 0 Å². The van der Waals surface area contributed by atoms with Gasteiger partial charge in [0, 0.05) is 25.4 Å². The number of hydrogen-bond donors (Lipinski definition) is 2. The number of amides is 1. The highest BCUT2D eigenvalue weighted by Crippen LogP contribution is 2.22. The molecule has 1 atom stereocenters. The molecule has 0 aliphatic heterocycles. The van der Waals surface area contributed by atoms with Gasteiger partial charge in [0.2, 0.25) is 6.41 Å². The molecule has 29 heavy (non-hydrogen) atoms. The molecule has 0 aliphatic carbocycles. The van der Waals surface area contributed by atoms with E-state index in [2.05, 4.69) is 34.0 Å². The van der Waals surface area contributed by atoms with E-state index in [0.717, 1.165) is 30.6 Å². The number of rotatable bonds is 9. The van der Waals surface area contributed by atoms with Gasteiger partial charge in [-0.1, -0.05) is 26.3 Å². The molecule has 1 unspecified atom stereocenters. The summed E-state index contributed by atoms with van der Waals surface area (Å²) in [6, 6.07) is 7.12. The molecule has 8 heteroatoms. The van der Waals surface area contributed by atoms with Gasteiger partial charge in [0.25, 0.3) is 0 Å². The van der Waals surface area contributed by atoms with Crippen molar-refractivity contribution in [2.24, 2.45) is 0 Å². The summed E-state index contributed by atoms with van der Waals surface area (Å²) in [4.78, 5) is 31.2. The Hall–Kier alpha value is -3.16. The van der Waals surface area contributed by atoms with Crippen molar-refractivity contribution < 1.29 is 19.4 Å². The molecule has 1 amide bonds. The molecule has 2 N–H and O–H groups in total. The molecular formula is C21H30N4O4. The second kappa shape index (κ2) is 12.3. The standard InChI is InChI=1S/C14H22N2O2.C7H8N2O2/c1-5-7-11(6-2)16(4)13-10(3)8-9-12(15-13)14(17)18;1-11-6-2-3-8-7(4-6)9-5-10/h8-9,11H,5-7H2,1-4H3,(H,17,18);2-5H,1H3,(H,8,9,10). The average molecular weight is 402 g/mol. The molecule has 0 radical (unpaired) electrons. The lowest BCUT2D eigenvalue weighted by Gasteiger charge is -2.29. The van der Waals surface area contributed by atoms with Gasteiger partial charge < -0.3 is 20.1 Å². The van der Waals surface area contributed by atoms with Crippen molar-refractivity contribution in [3.05, 3.63) is 41.7 Å². The SMILES string of the molecule is CCCC(CC)N(C)c1nc(C(=O)O)ccc1C.COc1ccnc(NC=O)c1. The molecule has 0 spiro atoms. The van der Waals surface area contributed by atoms with Gasteiger partial charge in [-0.05, 0) is 37.5 Å². The zero-order valence-corrected chi connectivity index (χ0v) is 17.7. The first kappa shape index (κ1) is 23.9. The van der Waals surface area contributed by atoms with Crippen molar-refractivity contribution >= 4 is 24.0 Å². The lowest BCUT2D eigenvalue weighted by atomic mass is 10.1. The number of hydrogen-bond acceptors (Lipinski definition) is 6. The van der Waals surface area contributed by atoms with Crippen LogP contribution in [0.2, 0.25) is 0 Å². The summed E-state index contributed by atoms with van der Waals surface area (Å²) < 4.78 is 4.91. The molecule has 2 heterocycles. The van der Waals surface area contributed by atoms with Gasteiger partial charge in [0.15, 0.2) is 5.69 Å². The minimum atomic E-state index is -0.979. The molecule has 0 aromatic carbocycles. The number of carboxylic acid groups (broad SMARTS) is 1. The van der Waals surface area contributed by atoms with E-state index in [0.29, 0.717) is 24.0 Å². The van der Waals surface area contributed by atoms with E-state index in [9.17, 15) is 9.59 Å². The molecule has 2 aromatic heterocycles. The van der Waals surface area contributed by atoms with Gasteiger partial charge >= 0.3 is 5.97 Å². The second-order valence-corrected chi connectivity index (χ2v) is 6.45. The van der Waals surface area contributed by atoms with Crippen LogP contribution in [0.4, 0.5) is 11.6 Å². The van der Waals surface area contributed by atoms with Crippen molar-refractivity contribution in [2.75, 3.05) is 24.4 Å². The largest absolute Gasteiger partial charge is 0.497 e. The smallest absolute Gasteiger partial charge is 0.354 e. The first-order valence-electron chi connectivity index (χ1n) is 9.51. The molecule has 0 saturated carbocycles. The molecule has 2 rings (SSSR count). The number of carbonyl (C=O) groups excluding carboxylic acids is 1. The van der Waals surface area contributed by atoms with E-state index in [4.69, 9.17) is 9.84 Å². The minimum absolute atomic E-state index is 0.105. The van der Waals surface area contributed by atoms with Crippen LogP contribution >= 0.6 is 0 Å². The van der Waals surface area contributed by atoms with Gasteiger partial charge in [-0.25, -0.2) is 14.8 Å². The fourth-order valence-corrected chi connectivity index (χ4v) is 2.85. The zero-order chi connectivity index (χ0) is 21.8. The summed E-state index contributed by atoms with van der Waals surface area (Å²) >= 11 is 0. The van der Waals surface area contributed by atoms with E-state index >= 15 is 0 Å². The average Bonchev–Trinajstić information content (AvgIpc) is 2.72. The Morgan fingerprint density at radius 1 is 1.34 bits per heavy atom. The third-order valence-corrected chi connectivity index (χ3v) is 4.44. The molecule has 8 nitrogen and oxygen atoms in total. The van der Waals surface area contributed by atoms with Crippen LogP contribution in [0.1, 0.15) is 49.2 Å². The van der Waals surface area contributed by atoms with Crippen LogP contribution in [-0.4, -0.2) is 47.7 Å². The quantitative estimate of drug-likeness (QED) is 0.615. The maximum atomic E-state index is 11.0. The van der Waals surface area contributed by atoms with Crippen molar-refractivity contribution in [3.8, 4) is 5.75 Å². The molecular weight excluding hydrogens is 372 g/mol. The number of pyridine rings is 2. The van der Waals surface area contributed by atoms with Crippen LogP contribution in [0.25, 0.3) is 0 Å². The monoisotopic (exact) mass is 402 g/mol. The maximum absolute atomic E-state index is 11.0. The van der Waals surface area contributed by atoms with Crippen LogP contribution in [0.15, 0.2) is 30.5 Å². The second-order valence-electron chi connectivity index (χ2n) is 6.45. The summed E-state index contributed by atoms with van der Waals surface area (Å²) in [6.45, 7) is 6.26. The fraction of sp³-hybridized carbons (Fsp3) is 0.429. The molecule has 0 bridgehead atoms. The van der Waals surface area contributed by atoms with E-state index < -0.39 is 5.97 Å². The van der Waals surface area contributed by atoms with Gasteiger partial charge in [-0.3, -0.25) is 4.79 Å². The van der Waals surface area contributed by atoms with Crippen LogP contribution < -0.4 is 15.0 Å². The van der Waals surface area contributed by atoms with E-state index in [1.165, 1.54) is 0 Å². The number of carboxylic acids is 1. The molecule has 2 aromatic rings. The number of aryl methyl sites for hydroxylation is 1. The van der Waals surface area contributed by atoms with Crippen molar-refractivity contribution in [3.63, 3.8) is 0 Å². The maximum Gasteiger partial charge on any atom is 0.354 e.